The van der Waals surface area contributed by atoms with Gasteiger partial charge in [-0.1, -0.05) is 13.8 Å². The third-order valence-corrected chi connectivity index (χ3v) is 3.82. The van der Waals surface area contributed by atoms with Crippen LogP contribution < -0.4 is 5.90 Å². The highest BCUT2D eigenvalue weighted by Gasteiger charge is 2.32. The van der Waals surface area contributed by atoms with E-state index in [1.54, 1.807) is 0 Å². The van der Waals surface area contributed by atoms with Crippen molar-refractivity contribution in [2.45, 2.75) is 25.5 Å². The van der Waals surface area contributed by atoms with Crippen LogP contribution in [0, 0.1) is 11.8 Å². The van der Waals surface area contributed by atoms with Gasteiger partial charge in [0.15, 0.2) is 0 Å². The summed E-state index contributed by atoms with van der Waals surface area (Å²) in [5.41, 5.74) is 0. The molecule has 1 aliphatic heterocycles. The average Bonchev–Trinajstić information content (AvgIpc) is 2.08. The molecule has 0 radical (unpaired) electrons. The molecule has 0 unspecified atom stereocenters. The van der Waals surface area contributed by atoms with Crippen molar-refractivity contribution in [3.05, 3.63) is 0 Å². The van der Waals surface area contributed by atoms with Crippen LogP contribution in [0.25, 0.3) is 0 Å². The summed E-state index contributed by atoms with van der Waals surface area (Å²) in [6.07, 6.45) is 0.891. The SMILES string of the molecule is C[C@@H]1C[C@H](C(=O)ON)[C@@H](C)CS1. The Morgan fingerprint density at radius 3 is 2.83 bits per heavy atom. The maximum absolute atomic E-state index is 11.2. The summed E-state index contributed by atoms with van der Waals surface area (Å²) in [7, 11) is 0. The van der Waals surface area contributed by atoms with E-state index in [0.717, 1.165) is 12.2 Å². The minimum Gasteiger partial charge on any atom is -0.373 e. The van der Waals surface area contributed by atoms with Gasteiger partial charge in [-0.15, -0.1) is 0 Å². The van der Waals surface area contributed by atoms with Gasteiger partial charge >= 0.3 is 5.97 Å². The molecule has 0 aromatic rings. The van der Waals surface area contributed by atoms with E-state index in [4.69, 9.17) is 5.90 Å². The molecule has 2 N–H and O–H groups in total. The monoisotopic (exact) mass is 189 g/mol. The molecule has 0 aromatic carbocycles. The van der Waals surface area contributed by atoms with E-state index >= 15 is 0 Å². The molecule has 1 saturated heterocycles. The number of hydrogen-bond donors (Lipinski definition) is 1. The van der Waals surface area contributed by atoms with Gasteiger partial charge < -0.3 is 4.84 Å². The Kier molecular flexibility index (Phi) is 3.40. The zero-order valence-corrected chi connectivity index (χ0v) is 8.26. The Morgan fingerprint density at radius 1 is 1.58 bits per heavy atom. The highest BCUT2D eigenvalue weighted by molar-refractivity contribution is 7.99. The second kappa shape index (κ2) is 4.14. The molecule has 0 spiro atoms. The Hall–Kier alpha value is -0.220. The highest BCUT2D eigenvalue weighted by atomic mass is 32.2. The zero-order chi connectivity index (χ0) is 9.14. The molecule has 1 rings (SSSR count). The van der Waals surface area contributed by atoms with Crippen molar-refractivity contribution in [3.63, 3.8) is 0 Å². The first-order chi connectivity index (χ1) is 5.65. The zero-order valence-electron chi connectivity index (χ0n) is 7.45. The van der Waals surface area contributed by atoms with E-state index in [2.05, 4.69) is 18.7 Å². The third kappa shape index (κ3) is 2.14. The van der Waals surface area contributed by atoms with Crippen LogP contribution in [0.5, 0.6) is 0 Å². The molecule has 0 aromatic heterocycles. The summed E-state index contributed by atoms with van der Waals surface area (Å²) < 4.78 is 0. The third-order valence-electron chi connectivity index (χ3n) is 2.34. The fourth-order valence-corrected chi connectivity index (χ4v) is 2.71. The van der Waals surface area contributed by atoms with E-state index in [1.165, 1.54) is 0 Å². The first kappa shape index (κ1) is 9.86. The minimum atomic E-state index is -0.255. The van der Waals surface area contributed by atoms with Gasteiger partial charge in [-0.3, -0.25) is 4.79 Å². The van der Waals surface area contributed by atoms with Crippen molar-refractivity contribution >= 4 is 17.7 Å². The van der Waals surface area contributed by atoms with Crippen LogP contribution in [0.15, 0.2) is 0 Å². The van der Waals surface area contributed by atoms with Crippen LogP contribution >= 0.6 is 11.8 Å². The fourth-order valence-electron chi connectivity index (χ4n) is 1.51. The molecular weight excluding hydrogens is 174 g/mol. The number of hydrogen-bond acceptors (Lipinski definition) is 4. The number of carbonyl (C=O) groups is 1. The van der Waals surface area contributed by atoms with Crippen LogP contribution in [0.2, 0.25) is 0 Å². The standard InChI is InChI=1S/C8H15NO2S/c1-5-4-12-6(2)3-7(5)8(10)11-9/h5-7H,3-4,9H2,1-2H3/t5-,6+,7-/m0/s1. The Bertz CT molecular complexity index is 174. The quantitative estimate of drug-likeness (QED) is 0.629. The van der Waals surface area contributed by atoms with Gasteiger partial charge in [0.1, 0.15) is 0 Å². The number of thioether (sulfide) groups is 1. The van der Waals surface area contributed by atoms with Gasteiger partial charge in [0, 0.05) is 5.25 Å². The second-order valence-corrected chi connectivity index (χ2v) is 4.87. The molecule has 0 saturated carbocycles. The smallest absolute Gasteiger partial charge is 0.327 e. The number of rotatable bonds is 1. The predicted molar refractivity (Wildman–Crippen MR) is 49.5 cm³/mol. The summed E-state index contributed by atoms with van der Waals surface area (Å²) in [6.45, 7) is 4.20. The Balaban J connectivity index is 2.54. The summed E-state index contributed by atoms with van der Waals surface area (Å²) in [4.78, 5) is 15.4. The summed E-state index contributed by atoms with van der Waals surface area (Å²) >= 11 is 1.91. The molecular formula is C8H15NO2S. The van der Waals surface area contributed by atoms with Crippen molar-refractivity contribution in [1.29, 1.82) is 0 Å². The van der Waals surface area contributed by atoms with Crippen molar-refractivity contribution in [3.8, 4) is 0 Å². The molecule has 0 bridgehead atoms. The summed E-state index contributed by atoms with van der Waals surface area (Å²) in [5, 5.41) is 0.547. The maximum atomic E-state index is 11.2. The van der Waals surface area contributed by atoms with E-state index < -0.39 is 0 Å². The van der Waals surface area contributed by atoms with Crippen LogP contribution in [-0.2, 0) is 9.63 Å². The van der Waals surface area contributed by atoms with Gasteiger partial charge in [0.2, 0.25) is 0 Å². The second-order valence-electron chi connectivity index (χ2n) is 3.40. The molecule has 0 amide bonds. The van der Waals surface area contributed by atoms with Crippen LogP contribution in [0.3, 0.4) is 0 Å². The lowest BCUT2D eigenvalue weighted by atomic mass is 9.91. The molecule has 1 fully saturated rings. The number of nitrogens with two attached hydrogens (primary N) is 1. The Morgan fingerprint density at radius 2 is 2.25 bits per heavy atom. The van der Waals surface area contributed by atoms with E-state index in [9.17, 15) is 4.79 Å². The maximum Gasteiger partial charge on any atom is 0.327 e. The lowest BCUT2D eigenvalue weighted by Crippen LogP contribution is -2.33. The first-order valence-corrected chi connectivity index (χ1v) is 5.22. The fraction of sp³-hybridized carbons (Fsp3) is 0.875. The lowest BCUT2D eigenvalue weighted by molar-refractivity contribution is -0.151. The van der Waals surface area contributed by atoms with Crippen LogP contribution in [0.4, 0.5) is 0 Å². The van der Waals surface area contributed by atoms with Crippen LogP contribution in [0.1, 0.15) is 20.3 Å². The topological polar surface area (TPSA) is 52.3 Å². The van der Waals surface area contributed by atoms with Gasteiger partial charge in [0.25, 0.3) is 0 Å². The van der Waals surface area contributed by atoms with Crippen molar-refractivity contribution in [2.75, 3.05) is 5.75 Å². The molecule has 3 atom stereocenters. The van der Waals surface area contributed by atoms with E-state index in [1.807, 2.05) is 11.8 Å². The van der Waals surface area contributed by atoms with Gasteiger partial charge in [-0.05, 0) is 18.1 Å². The lowest BCUT2D eigenvalue weighted by Gasteiger charge is -2.29. The largest absolute Gasteiger partial charge is 0.373 e. The molecule has 3 nitrogen and oxygen atoms in total. The molecule has 1 aliphatic rings. The van der Waals surface area contributed by atoms with E-state index in [-0.39, 0.29) is 11.9 Å². The summed E-state index contributed by atoms with van der Waals surface area (Å²) in [6, 6.07) is 0. The van der Waals surface area contributed by atoms with Gasteiger partial charge in [-0.2, -0.15) is 17.7 Å². The molecule has 1 heterocycles. The van der Waals surface area contributed by atoms with Crippen molar-refractivity contribution in [1.82, 2.24) is 0 Å². The average molecular weight is 189 g/mol. The molecule has 0 aliphatic carbocycles. The predicted octanol–water partition coefficient (Wildman–Crippen LogP) is 1.18. The first-order valence-electron chi connectivity index (χ1n) is 4.17. The normalized spacial score (nSPS) is 36.1. The summed E-state index contributed by atoms with van der Waals surface area (Å²) in [5.74, 6) is 6.02. The van der Waals surface area contributed by atoms with Gasteiger partial charge in [0.05, 0.1) is 5.92 Å². The van der Waals surface area contributed by atoms with Crippen molar-refractivity contribution in [2.24, 2.45) is 17.7 Å². The van der Waals surface area contributed by atoms with Crippen molar-refractivity contribution < 1.29 is 9.63 Å². The highest BCUT2D eigenvalue weighted by Crippen LogP contribution is 2.33. The molecule has 4 heteroatoms. The number of carbonyl (C=O) groups excluding carboxylic acids is 1. The molecule has 12 heavy (non-hydrogen) atoms. The van der Waals surface area contributed by atoms with Gasteiger partial charge in [-0.25, -0.2) is 0 Å². The van der Waals surface area contributed by atoms with Crippen LogP contribution in [-0.4, -0.2) is 17.0 Å². The Labute approximate surface area is 77.0 Å². The minimum absolute atomic E-state index is 0.00579. The van der Waals surface area contributed by atoms with E-state index in [0.29, 0.717) is 11.2 Å². The molecule has 70 valence electrons.